The Hall–Kier alpha value is -3.65. The lowest BCUT2D eigenvalue weighted by Crippen LogP contribution is -2.51. The van der Waals surface area contributed by atoms with E-state index in [2.05, 4.69) is 10.1 Å². The van der Waals surface area contributed by atoms with Gasteiger partial charge in [0, 0.05) is 5.69 Å². The van der Waals surface area contributed by atoms with Crippen molar-refractivity contribution in [3.8, 4) is 0 Å². The average molecular weight is 578 g/mol. The van der Waals surface area contributed by atoms with Crippen LogP contribution in [0.3, 0.4) is 0 Å². The van der Waals surface area contributed by atoms with E-state index in [1.807, 2.05) is 0 Å². The lowest BCUT2D eigenvalue weighted by atomic mass is 9.96. The number of carbonyl (C=O) groups excluding carboxylic acids is 2. The van der Waals surface area contributed by atoms with Crippen molar-refractivity contribution in [3.05, 3.63) is 75.3 Å². The molecule has 0 saturated carbocycles. The summed E-state index contributed by atoms with van der Waals surface area (Å²) in [4.78, 5) is 29.5. The van der Waals surface area contributed by atoms with Gasteiger partial charge in [-0.25, -0.2) is 4.68 Å². The molecule has 0 unspecified atom stereocenters. The molecule has 0 fully saturated rings. The van der Waals surface area contributed by atoms with E-state index in [0.717, 1.165) is 4.90 Å². The van der Waals surface area contributed by atoms with Gasteiger partial charge in [0.15, 0.2) is 0 Å². The normalized spacial score (nSPS) is 12.5. The third-order valence-electron chi connectivity index (χ3n) is 5.70. The molecule has 3 rings (SSSR count). The topological polar surface area (TPSA) is 114 Å². The molecule has 39 heavy (non-hydrogen) atoms. The molecule has 0 atom stereocenters. The third-order valence-corrected chi connectivity index (χ3v) is 6.02. The van der Waals surface area contributed by atoms with E-state index >= 15 is 0 Å². The van der Waals surface area contributed by atoms with Crippen LogP contribution in [0.4, 0.5) is 32.0 Å². The van der Waals surface area contributed by atoms with Gasteiger partial charge >= 0.3 is 12.4 Å². The minimum absolute atomic E-state index is 0.0874. The van der Waals surface area contributed by atoms with Crippen LogP contribution >= 0.6 is 11.6 Å². The molecule has 15 heteroatoms. The average Bonchev–Trinajstić information content (AvgIpc) is 3.25. The van der Waals surface area contributed by atoms with E-state index in [4.69, 9.17) is 17.3 Å². The Morgan fingerprint density at radius 2 is 1.72 bits per heavy atom. The van der Waals surface area contributed by atoms with Crippen LogP contribution in [-0.4, -0.2) is 43.8 Å². The Labute approximate surface area is 223 Å². The molecule has 0 aliphatic heterocycles. The van der Waals surface area contributed by atoms with Gasteiger partial charge in [-0.3, -0.25) is 9.59 Å². The van der Waals surface area contributed by atoms with Crippen molar-refractivity contribution < 1.29 is 41.0 Å². The molecule has 2 amide bonds. The van der Waals surface area contributed by atoms with Crippen LogP contribution in [0.15, 0.2) is 36.4 Å². The van der Waals surface area contributed by atoms with Crippen LogP contribution in [0.25, 0.3) is 0 Å². The first kappa shape index (κ1) is 29.9. The molecule has 0 saturated heterocycles. The number of anilines is 1. The number of nitrogens with zero attached hydrogens (tertiary/aromatic N) is 4. The molecule has 0 radical (unpaired) electrons. The Kier molecular flexibility index (Phi) is 8.04. The lowest BCUT2D eigenvalue weighted by molar-refractivity contribution is -0.150. The Morgan fingerprint density at radius 3 is 2.23 bits per heavy atom. The largest absolute Gasteiger partial charge is 0.453 e. The highest BCUT2D eigenvalue weighted by molar-refractivity contribution is 6.35. The van der Waals surface area contributed by atoms with Gasteiger partial charge < -0.3 is 15.7 Å². The van der Waals surface area contributed by atoms with E-state index in [0.29, 0.717) is 5.56 Å². The van der Waals surface area contributed by atoms with Gasteiger partial charge in [-0.05, 0) is 50.1 Å². The predicted molar refractivity (Wildman–Crippen MR) is 128 cm³/mol. The maximum atomic E-state index is 13.7. The molecule has 2 aromatic carbocycles. The first-order chi connectivity index (χ1) is 17.9. The van der Waals surface area contributed by atoms with E-state index in [1.54, 1.807) is 0 Å². The van der Waals surface area contributed by atoms with Gasteiger partial charge in [-0.1, -0.05) is 29.8 Å². The van der Waals surface area contributed by atoms with Gasteiger partial charge in [0.05, 0.1) is 34.8 Å². The standard InChI is InChI=1S/C24H22ClF6N5O3/c1-12-9-13(10-35-21(24(29,30)31)33-20(34-35)23(26,27)28)7-8-16(12)36(22(2,3)11-37)19(39)17-14(18(32)38)5-4-6-15(17)25/h4-9,37H,10-11H2,1-3H3,(H2,32,38). The molecule has 1 aromatic heterocycles. The monoisotopic (exact) mass is 577 g/mol. The lowest BCUT2D eigenvalue weighted by Gasteiger charge is -2.38. The first-order valence-electron chi connectivity index (χ1n) is 11.1. The number of aromatic nitrogens is 3. The van der Waals surface area contributed by atoms with Crippen molar-refractivity contribution in [2.75, 3.05) is 11.5 Å². The van der Waals surface area contributed by atoms with E-state index in [-0.39, 0.29) is 32.1 Å². The summed E-state index contributed by atoms with van der Waals surface area (Å²) in [5.41, 5.74) is 4.33. The quantitative estimate of drug-likeness (QED) is 0.390. The molecule has 0 aliphatic carbocycles. The molecule has 3 aromatic rings. The van der Waals surface area contributed by atoms with Crippen LogP contribution in [-0.2, 0) is 18.9 Å². The van der Waals surface area contributed by atoms with E-state index in [9.17, 15) is 41.0 Å². The fourth-order valence-electron chi connectivity index (χ4n) is 3.86. The highest BCUT2D eigenvalue weighted by atomic mass is 35.5. The smallest absolute Gasteiger partial charge is 0.394 e. The number of carbonyl (C=O) groups is 2. The number of aryl methyl sites for hydroxylation is 1. The van der Waals surface area contributed by atoms with Gasteiger partial charge in [0.1, 0.15) is 0 Å². The summed E-state index contributed by atoms with van der Waals surface area (Å²) in [6.07, 6.45) is -10.4. The van der Waals surface area contributed by atoms with E-state index in [1.165, 1.54) is 57.2 Å². The van der Waals surface area contributed by atoms with Gasteiger partial charge in [0.25, 0.3) is 11.7 Å². The highest BCUT2D eigenvalue weighted by Gasteiger charge is 2.44. The van der Waals surface area contributed by atoms with Crippen LogP contribution in [0, 0.1) is 6.92 Å². The number of halogens is 7. The zero-order chi connectivity index (χ0) is 29.5. The van der Waals surface area contributed by atoms with Crippen molar-refractivity contribution in [2.45, 2.75) is 45.2 Å². The number of alkyl halides is 6. The summed E-state index contributed by atoms with van der Waals surface area (Å²) >= 11 is 6.23. The second-order valence-corrected chi connectivity index (χ2v) is 9.58. The van der Waals surface area contributed by atoms with Crippen LogP contribution in [0.1, 0.15) is 57.3 Å². The zero-order valence-corrected chi connectivity index (χ0v) is 21.4. The molecular formula is C24H22ClF6N5O3. The number of primary amides is 1. The van der Waals surface area contributed by atoms with Gasteiger partial charge in [-0.2, -0.15) is 31.3 Å². The van der Waals surface area contributed by atoms with Crippen molar-refractivity contribution in [1.29, 1.82) is 0 Å². The second kappa shape index (κ2) is 10.5. The summed E-state index contributed by atoms with van der Waals surface area (Å²) in [5.74, 6) is -5.49. The van der Waals surface area contributed by atoms with Crippen molar-refractivity contribution in [2.24, 2.45) is 5.73 Å². The van der Waals surface area contributed by atoms with E-state index < -0.39 is 54.5 Å². The van der Waals surface area contributed by atoms with Crippen molar-refractivity contribution >= 4 is 29.1 Å². The Bertz CT molecular complexity index is 1420. The molecule has 1 heterocycles. The van der Waals surface area contributed by atoms with Crippen LogP contribution in [0.5, 0.6) is 0 Å². The third kappa shape index (κ3) is 6.17. The summed E-state index contributed by atoms with van der Waals surface area (Å²) in [7, 11) is 0. The SMILES string of the molecule is Cc1cc(Cn2nc(C(F)(F)F)nc2C(F)(F)F)ccc1N(C(=O)c1c(Cl)cccc1C(N)=O)C(C)(C)CO. The fraction of sp³-hybridized carbons (Fsp3) is 0.333. The Morgan fingerprint density at radius 1 is 1.08 bits per heavy atom. The number of hydrogen-bond donors (Lipinski definition) is 2. The summed E-state index contributed by atoms with van der Waals surface area (Å²) in [5, 5.41) is 13.0. The predicted octanol–water partition coefficient (Wildman–Crippen LogP) is 4.84. The number of nitrogens with two attached hydrogens (primary N) is 1. The van der Waals surface area contributed by atoms with Crippen LogP contribution < -0.4 is 10.6 Å². The summed E-state index contributed by atoms with van der Waals surface area (Å²) in [6.45, 7) is 3.27. The molecule has 0 bridgehead atoms. The summed E-state index contributed by atoms with van der Waals surface area (Å²) < 4.78 is 79.1. The van der Waals surface area contributed by atoms with Crippen LogP contribution in [0.2, 0.25) is 5.02 Å². The molecular weight excluding hydrogens is 556 g/mol. The number of benzene rings is 2. The zero-order valence-electron chi connectivity index (χ0n) is 20.7. The fourth-order valence-corrected chi connectivity index (χ4v) is 4.12. The number of amides is 2. The maximum absolute atomic E-state index is 13.7. The highest BCUT2D eigenvalue weighted by Crippen LogP contribution is 2.35. The summed E-state index contributed by atoms with van der Waals surface area (Å²) in [6, 6.07) is 8.06. The van der Waals surface area contributed by atoms with Gasteiger partial charge in [0.2, 0.25) is 11.7 Å². The number of aliphatic hydroxyl groups excluding tert-OH is 1. The second-order valence-electron chi connectivity index (χ2n) is 9.17. The molecule has 3 N–H and O–H groups in total. The minimum Gasteiger partial charge on any atom is -0.394 e. The number of rotatable bonds is 7. The molecule has 0 aliphatic rings. The first-order valence-corrected chi connectivity index (χ1v) is 11.5. The number of aliphatic hydroxyl groups is 1. The number of hydrogen-bond acceptors (Lipinski definition) is 5. The van der Waals surface area contributed by atoms with Gasteiger partial charge in [-0.15, -0.1) is 5.10 Å². The Balaban J connectivity index is 2.10. The van der Waals surface area contributed by atoms with Crippen molar-refractivity contribution in [3.63, 3.8) is 0 Å². The molecule has 8 nitrogen and oxygen atoms in total. The molecule has 0 spiro atoms. The molecule has 210 valence electrons. The minimum atomic E-state index is -5.20. The maximum Gasteiger partial charge on any atom is 0.453 e. The van der Waals surface area contributed by atoms with Crippen molar-refractivity contribution in [1.82, 2.24) is 14.8 Å².